The third-order valence-electron chi connectivity index (χ3n) is 2.92. The molecule has 0 aliphatic carbocycles. The maximum Gasteiger partial charge on any atom is 0.319 e. The van der Waals surface area contributed by atoms with E-state index in [2.05, 4.69) is 10.1 Å². The zero-order chi connectivity index (χ0) is 15.7. The number of hydrogen-bond acceptors (Lipinski definition) is 4. The highest BCUT2D eigenvalue weighted by atomic mass is 19.1. The van der Waals surface area contributed by atoms with E-state index in [1.165, 1.54) is 13.2 Å². The second kappa shape index (κ2) is 9.07. The van der Waals surface area contributed by atoms with Crippen LogP contribution in [0.3, 0.4) is 0 Å². The summed E-state index contributed by atoms with van der Waals surface area (Å²) < 4.78 is 18.0. The van der Waals surface area contributed by atoms with Crippen molar-refractivity contribution in [1.82, 2.24) is 10.2 Å². The third kappa shape index (κ3) is 6.35. The molecule has 1 rings (SSSR count). The van der Waals surface area contributed by atoms with Crippen LogP contribution in [0.1, 0.15) is 18.9 Å². The van der Waals surface area contributed by atoms with E-state index in [4.69, 9.17) is 0 Å². The quantitative estimate of drug-likeness (QED) is 0.735. The Bertz CT molecular complexity index is 480. The highest BCUT2D eigenvalue weighted by molar-refractivity contribution is 5.79. The van der Waals surface area contributed by atoms with Crippen LogP contribution in [-0.2, 0) is 20.9 Å². The summed E-state index contributed by atoms with van der Waals surface area (Å²) in [4.78, 5) is 24.8. The van der Waals surface area contributed by atoms with Crippen LogP contribution in [0.4, 0.5) is 4.39 Å². The zero-order valence-corrected chi connectivity index (χ0v) is 12.4. The van der Waals surface area contributed by atoms with E-state index >= 15 is 0 Å². The predicted octanol–water partition coefficient (Wildman–Crippen LogP) is 1.33. The second-order valence-electron chi connectivity index (χ2n) is 4.65. The Morgan fingerprint density at radius 3 is 2.62 bits per heavy atom. The minimum absolute atomic E-state index is 0.0669. The average molecular weight is 296 g/mol. The molecule has 0 aromatic heterocycles. The van der Waals surface area contributed by atoms with E-state index in [1.54, 1.807) is 23.1 Å². The number of methoxy groups -OCH3 is 1. The molecule has 0 atom stereocenters. The largest absolute Gasteiger partial charge is 0.468 e. The lowest BCUT2D eigenvalue weighted by atomic mass is 10.2. The van der Waals surface area contributed by atoms with Crippen molar-refractivity contribution in [2.75, 3.05) is 26.7 Å². The molecule has 1 amide bonds. The van der Waals surface area contributed by atoms with Gasteiger partial charge in [-0.15, -0.1) is 0 Å². The Labute approximate surface area is 124 Å². The Kier molecular flexibility index (Phi) is 7.39. The molecule has 0 fully saturated rings. The first-order valence-electron chi connectivity index (χ1n) is 6.86. The number of nitrogens with one attached hydrogen (secondary N) is 1. The minimum atomic E-state index is -0.384. The van der Waals surface area contributed by atoms with Gasteiger partial charge in [-0.2, -0.15) is 0 Å². The summed E-state index contributed by atoms with van der Waals surface area (Å²) in [5, 5.41) is 2.65. The van der Waals surface area contributed by atoms with Crippen LogP contribution in [0.25, 0.3) is 0 Å². The standard InChI is InChI=1S/C15H21FN2O3/c1-3-8-18(11-15(20)21-2)10-14(19)17-9-12-6-4-5-7-13(12)16/h4-7H,3,8-11H2,1-2H3,(H,17,19). The van der Waals surface area contributed by atoms with Crippen LogP contribution in [-0.4, -0.2) is 43.5 Å². The van der Waals surface area contributed by atoms with Gasteiger partial charge >= 0.3 is 5.97 Å². The van der Waals surface area contributed by atoms with Crippen LogP contribution >= 0.6 is 0 Å². The van der Waals surface area contributed by atoms with E-state index < -0.39 is 0 Å². The smallest absolute Gasteiger partial charge is 0.319 e. The molecule has 6 heteroatoms. The number of hydrogen-bond donors (Lipinski definition) is 1. The first kappa shape index (κ1) is 17.1. The van der Waals surface area contributed by atoms with Gasteiger partial charge in [-0.3, -0.25) is 14.5 Å². The Balaban J connectivity index is 2.46. The number of nitrogens with zero attached hydrogens (tertiary/aromatic N) is 1. The zero-order valence-electron chi connectivity index (χ0n) is 12.4. The Hall–Kier alpha value is -1.95. The number of esters is 1. The molecule has 116 valence electrons. The minimum Gasteiger partial charge on any atom is -0.468 e. The van der Waals surface area contributed by atoms with E-state index in [9.17, 15) is 14.0 Å². The molecule has 5 nitrogen and oxygen atoms in total. The summed E-state index contributed by atoms with van der Waals surface area (Å²) in [5.74, 6) is -0.987. The van der Waals surface area contributed by atoms with Crippen LogP contribution in [0.2, 0.25) is 0 Å². The van der Waals surface area contributed by atoms with Gasteiger partial charge in [0.15, 0.2) is 0 Å². The van der Waals surface area contributed by atoms with E-state index in [1.807, 2.05) is 6.92 Å². The summed E-state index contributed by atoms with van der Waals surface area (Å²) in [6.45, 7) is 2.85. The van der Waals surface area contributed by atoms with Gasteiger partial charge in [0.1, 0.15) is 5.82 Å². The SMILES string of the molecule is CCCN(CC(=O)NCc1ccccc1F)CC(=O)OC. The van der Waals surface area contributed by atoms with Crippen molar-refractivity contribution in [2.24, 2.45) is 0 Å². The van der Waals surface area contributed by atoms with Gasteiger partial charge in [-0.05, 0) is 19.0 Å². The van der Waals surface area contributed by atoms with Crippen LogP contribution in [0.15, 0.2) is 24.3 Å². The third-order valence-corrected chi connectivity index (χ3v) is 2.92. The van der Waals surface area contributed by atoms with Gasteiger partial charge in [0.05, 0.1) is 20.2 Å². The molecule has 1 N–H and O–H groups in total. The Morgan fingerprint density at radius 2 is 2.00 bits per heavy atom. The van der Waals surface area contributed by atoms with Crippen molar-refractivity contribution in [3.05, 3.63) is 35.6 Å². The van der Waals surface area contributed by atoms with Gasteiger partial charge in [-0.1, -0.05) is 25.1 Å². The first-order valence-corrected chi connectivity index (χ1v) is 6.86. The van der Waals surface area contributed by atoms with Crippen LogP contribution in [0, 0.1) is 5.82 Å². The summed E-state index contributed by atoms with van der Waals surface area (Å²) >= 11 is 0. The maximum absolute atomic E-state index is 13.4. The number of carbonyl (C=O) groups is 2. The normalized spacial score (nSPS) is 10.5. The lowest BCUT2D eigenvalue weighted by Gasteiger charge is -2.19. The number of benzene rings is 1. The summed E-state index contributed by atoms with van der Waals surface area (Å²) in [6, 6.07) is 6.28. The molecule has 0 saturated heterocycles. The highest BCUT2D eigenvalue weighted by Crippen LogP contribution is 2.05. The monoisotopic (exact) mass is 296 g/mol. The predicted molar refractivity (Wildman–Crippen MR) is 77.0 cm³/mol. The maximum atomic E-state index is 13.4. The molecule has 0 unspecified atom stereocenters. The van der Waals surface area contributed by atoms with Gasteiger partial charge in [0.2, 0.25) is 5.91 Å². The van der Waals surface area contributed by atoms with Gasteiger partial charge in [-0.25, -0.2) is 4.39 Å². The lowest BCUT2D eigenvalue weighted by Crippen LogP contribution is -2.40. The Morgan fingerprint density at radius 1 is 1.29 bits per heavy atom. The van der Waals surface area contributed by atoms with Gasteiger partial charge < -0.3 is 10.1 Å². The van der Waals surface area contributed by atoms with Crippen molar-refractivity contribution in [3.8, 4) is 0 Å². The molecule has 0 radical (unpaired) electrons. The van der Waals surface area contributed by atoms with Crippen LogP contribution < -0.4 is 5.32 Å². The van der Waals surface area contributed by atoms with Gasteiger partial charge in [0.25, 0.3) is 0 Å². The molecule has 0 aliphatic heterocycles. The van der Waals surface area contributed by atoms with E-state index in [0.29, 0.717) is 12.1 Å². The fourth-order valence-corrected chi connectivity index (χ4v) is 1.87. The molecule has 0 aliphatic rings. The van der Waals surface area contributed by atoms with Crippen molar-refractivity contribution < 1.29 is 18.7 Å². The number of carbonyl (C=O) groups excluding carboxylic acids is 2. The molecule has 0 saturated carbocycles. The van der Waals surface area contributed by atoms with Crippen LogP contribution in [0.5, 0.6) is 0 Å². The van der Waals surface area contributed by atoms with Crippen molar-refractivity contribution in [2.45, 2.75) is 19.9 Å². The molecule has 1 aromatic carbocycles. The lowest BCUT2D eigenvalue weighted by molar-refractivity contribution is -0.142. The molecule has 0 bridgehead atoms. The van der Waals surface area contributed by atoms with E-state index in [0.717, 1.165) is 6.42 Å². The molecule has 0 spiro atoms. The molecular weight excluding hydrogens is 275 g/mol. The molecule has 21 heavy (non-hydrogen) atoms. The van der Waals surface area contributed by atoms with E-state index in [-0.39, 0.29) is 37.3 Å². The molecule has 1 aromatic rings. The first-order chi connectivity index (χ1) is 10.1. The summed E-state index contributed by atoms with van der Waals surface area (Å²) in [5.41, 5.74) is 0.431. The fraction of sp³-hybridized carbons (Fsp3) is 0.467. The van der Waals surface area contributed by atoms with Gasteiger partial charge in [0, 0.05) is 12.1 Å². The molecule has 0 heterocycles. The number of rotatable bonds is 8. The summed E-state index contributed by atoms with van der Waals surface area (Å²) in [7, 11) is 1.31. The fourth-order valence-electron chi connectivity index (χ4n) is 1.87. The topological polar surface area (TPSA) is 58.6 Å². The number of halogens is 1. The second-order valence-corrected chi connectivity index (χ2v) is 4.65. The highest BCUT2D eigenvalue weighted by Gasteiger charge is 2.14. The molecular formula is C15H21FN2O3. The summed E-state index contributed by atoms with van der Waals surface area (Å²) in [6.07, 6.45) is 0.817. The number of amides is 1. The van der Waals surface area contributed by atoms with Crippen molar-refractivity contribution in [3.63, 3.8) is 0 Å². The average Bonchev–Trinajstić information content (AvgIpc) is 2.46. The van der Waals surface area contributed by atoms with Crippen molar-refractivity contribution >= 4 is 11.9 Å². The van der Waals surface area contributed by atoms with Crippen molar-refractivity contribution in [1.29, 1.82) is 0 Å². The number of ether oxygens (including phenoxy) is 1.